The van der Waals surface area contributed by atoms with Crippen LogP contribution in [0, 0.1) is 5.82 Å². The van der Waals surface area contributed by atoms with Crippen molar-refractivity contribution in [1.82, 2.24) is 19.7 Å². The number of benzene rings is 2. The van der Waals surface area contributed by atoms with E-state index in [0.29, 0.717) is 0 Å². The molecular formula is C27H31FN4. The molecule has 0 fully saturated rings. The van der Waals surface area contributed by atoms with Gasteiger partial charge in [-0.15, -0.1) is 0 Å². The fraction of sp³-hybridized carbons (Fsp3) is 0.333. The molecule has 0 unspecified atom stereocenters. The molecular weight excluding hydrogens is 399 g/mol. The van der Waals surface area contributed by atoms with Gasteiger partial charge in [0.25, 0.3) is 0 Å². The van der Waals surface area contributed by atoms with Gasteiger partial charge in [0.05, 0.1) is 11.9 Å². The summed E-state index contributed by atoms with van der Waals surface area (Å²) in [6.45, 7) is 8.42. The summed E-state index contributed by atoms with van der Waals surface area (Å²) in [7, 11) is 2.17. The molecule has 0 spiro atoms. The molecule has 0 bridgehead atoms. The van der Waals surface area contributed by atoms with Gasteiger partial charge < -0.3 is 4.90 Å². The van der Waals surface area contributed by atoms with Crippen LogP contribution in [0.5, 0.6) is 0 Å². The quantitative estimate of drug-likeness (QED) is 0.311. The molecule has 5 heteroatoms. The van der Waals surface area contributed by atoms with Crippen LogP contribution in [-0.4, -0.2) is 33.3 Å². The number of hydrogen-bond acceptors (Lipinski definition) is 3. The number of fused-ring (bicyclic) bond motifs is 1. The van der Waals surface area contributed by atoms with E-state index in [1.807, 2.05) is 23.0 Å². The fourth-order valence-electron chi connectivity index (χ4n) is 4.06. The maximum Gasteiger partial charge on any atom is 0.159 e. The summed E-state index contributed by atoms with van der Waals surface area (Å²) in [5, 5.41) is 5.57. The van der Waals surface area contributed by atoms with Crippen molar-refractivity contribution < 1.29 is 4.39 Å². The molecule has 4 rings (SSSR count). The molecule has 4 nitrogen and oxygen atoms in total. The van der Waals surface area contributed by atoms with Crippen LogP contribution in [0.3, 0.4) is 0 Å². The molecule has 0 amide bonds. The van der Waals surface area contributed by atoms with Crippen LogP contribution in [0.15, 0.2) is 60.8 Å². The molecule has 4 aromatic rings. The van der Waals surface area contributed by atoms with Crippen molar-refractivity contribution in [3.8, 4) is 22.4 Å². The highest BCUT2D eigenvalue weighted by atomic mass is 19.1. The zero-order valence-electron chi connectivity index (χ0n) is 19.3. The molecule has 2 aromatic heterocycles. The molecule has 0 saturated heterocycles. The van der Waals surface area contributed by atoms with Crippen molar-refractivity contribution in [3.63, 3.8) is 0 Å². The van der Waals surface area contributed by atoms with Gasteiger partial charge in [0, 0.05) is 23.5 Å². The number of halogens is 1. The van der Waals surface area contributed by atoms with Gasteiger partial charge in [-0.3, -0.25) is 0 Å². The molecule has 0 N–H and O–H groups in total. The number of nitrogens with zero attached hydrogens (tertiary/aromatic N) is 4. The molecule has 0 atom stereocenters. The molecule has 32 heavy (non-hydrogen) atoms. The third-order valence-electron chi connectivity index (χ3n) is 5.78. The van der Waals surface area contributed by atoms with E-state index in [-0.39, 0.29) is 11.9 Å². The average Bonchev–Trinajstić information content (AvgIpc) is 3.22. The Hall–Kier alpha value is -3.05. The van der Waals surface area contributed by atoms with Gasteiger partial charge in [-0.2, -0.15) is 5.10 Å². The van der Waals surface area contributed by atoms with E-state index < -0.39 is 0 Å². The summed E-state index contributed by atoms with van der Waals surface area (Å²) in [5.74, 6) is -0.239. The predicted molar refractivity (Wildman–Crippen MR) is 130 cm³/mol. The van der Waals surface area contributed by atoms with Crippen LogP contribution in [0.25, 0.3) is 33.4 Å². The minimum absolute atomic E-state index is 0.190. The van der Waals surface area contributed by atoms with E-state index in [9.17, 15) is 4.39 Å². The second kappa shape index (κ2) is 9.61. The third-order valence-corrected chi connectivity index (χ3v) is 5.78. The van der Waals surface area contributed by atoms with Gasteiger partial charge in [-0.05, 0) is 74.8 Å². The zero-order chi connectivity index (χ0) is 22.7. The molecule has 0 aliphatic heterocycles. The molecule has 166 valence electrons. The van der Waals surface area contributed by atoms with E-state index in [4.69, 9.17) is 4.98 Å². The first-order valence-corrected chi connectivity index (χ1v) is 11.4. The first-order valence-electron chi connectivity index (χ1n) is 11.4. The highest BCUT2D eigenvalue weighted by molar-refractivity contribution is 5.95. The maximum absolute atomic E-state index is 13.6. The Morgan fingerprint density at radius 1 is 1.03 bits per heavy atom. The lowest BCUT2D eigenvalue weighted by atomic mass is 9.99. The highest BCUT2D eigenvalue weighted by Crippen LogP contribution is 2.33. The highest BCUT2D eigenvalue weighted by Gasteiger charge is 2.16. The van der Waals surface area contributed by atoms with Crippen LogP contribution in [0.2, 0.25) is 0 Å². The smallest absolute Gasteiger partial charge is 0.159 e. The monoisotopic (exact) mass is 430 g/mol. The summed E-state index contributed by atoms with van der Waals surface area (Å²) in [6, 6.07) is 17.5. The Bertz CT molecular complexity index is 1190. The van der Waals surface area contributed by atoms with Crippen LogP contribution in [-0.2, 0) is 6.54 Å². The van der Waals surface area contributed by atoms with Crippen molar-refractivity contribution in [2.45, 2.75) is 46.2 Å². The average molecular weight is 431 g/mol. The van der Waals surface area contributed by atoms with Crippen LogP contribution < -0.4 is 0 Å². The van der Waals surface area contributed by atoms with Gasteiger partial charge in [0.2, 0.25) is 0 Å². The van der Waals surface area contributed by atoms with Gasteiger partial charge in [0.15, 0.2) is 5.65 Å². The van der Waals surface area contributed by atoms with Crippen molar-refractivity contribution in [3.05, 3.63) is 72.2 Å². The minimum atomic E-state index is -0.239. The molecule has 0 aliphatic carbocycles. The molecule has 0 radical (unpaired) electrons. The maximum atomic E-state index is 13.6. The number of pyridine rings is 1. The fourth-order valence-corrected chi connectivity index (χ4v) is 4.06. The summed E-state index contributed by atoms with van der Waals surface area (Å²) in [6.07, 6.45) is 4.27. The van der Waals surface area contributed by atoms with Gasteiger partial charge in [0.1, 0.15) is 5.82 Å². The summed E-state index contributed by atoms with van der Waals surface area (Å²) >= 11 is 0. The SMILES string of the molecule is CCCCN(C)Cc1cccc(-c2cc(-c3ccc(F)cc3)c3cnn(C(C)C)c3n2)c1. The number of rotatable bonds is 8. The van der Waals surface area contributed by atoms with Crippen LogP contribution in [0.1, 0.15) is 45.2 Å². The Kier molecular flexibility index (Phi) is 6.66. The summed E-state index contributed by atoms with van der Waals surface area (Å²) in [4.78, 5) is 7.37. The second-order valence-corrected chi connectivity index (χ2v) is 8.77. The van der Waals surface area contributed by atoms with Gasteiger partial charge in [-0.25, -0.2) is 14.1 Å². The summed E-state index contributed by atoms with van der Waals surface area (Å²) < 4.78 is 15.5. The van der Waals surface area contributed by atoms with E-state index >= 15 is 0 Å². The lowest BCUT2D eigenvalue weighted by Gasteiger charge is -2.17. The van der Waals surface area contributed by atoms with E-state index in [1.165, 1.54) is 30.5 Å². The van der Waals surface area contributed by atoms with Gasteiger partial charge >= 0.3 is 0 Å². The van der Waals surface area contributed by atoms with Crippen molar-refractivity contribution >= 4 is 11.0 Å². The van der Waals surface area contributed by atoms with Crippen molar-refractivity contribution in [1.29, 1.82) is 0 Å². The topological polar surface area (TPSA) is 34.0 Å². The Labute approximate surface area is 189 Å². The van der Waals surface area contributed by atoms with Crippen LogP contribution in [0.4, 0.5) is 4.39 Å². The van der Waals surface area contributed by atoms with Crippen LogP contribution >= 0.6 is 0 Å². The number of aromatic nitrogens is 3. The Morgan fingerprint density at radius 3 is 2.53 bits per heavy atom. The predicted octanol–water partition coefficient (Wildman–Crippen LogP) is 6.72. The van der Waals surface area contributed by atoms with Crippen molar-refractivity contribution in [2.24, 2.45) is 0 Å². The lowest BCUT2D eigenvalue weighted by molar-refractivity contribution is 0.321. The summed E-state index contributed by atoms with van der Waals surface area (Å²) in [5.41, 5.74) is 6.07. The number of unbranched alkanes of at least 4 members (excludes halogenated alkanes) is 1. The van der Waals surface area contributed by atoms with Crippen molar-refractivity contribution in [2.75, 3.05) is 13.6 Å². The Morgan fingerprint density at radius 2 is 1.81 bits per heavy atom. The molecule has 2 aromatic carbocycles. The van der Waals surface area contributed by atoms with E-state index in [2.05, 4.69) is 68.1 Å². The number of hydrogen-bond donors (Lipinski definition) is 0. The normalized spacial score (nSPS) is 11.7. The second-order valence-electron chi connectivity index (χ2n) is 8.77. The third kappa shape index (κ3) is 4.73. The first-order chi connectivity index (χ1) is 15.5. The largest absolute Gasteiger partial charge is 0.302 e. The van der Waals surface area contributed by atoms with E-state index in [0.717, 1.165) is 46.5 Å². The zero-order valence-corrected chi connectivity index (χ0v) is 19.3. The minimum Gasteiger partial charge on any atom is -0.302 e. The Balaban J connectivity index is 1.80. The van der Waals surface area contributed by atoms with Gasteiger partial charge in [-0.1, -0.05) is 43.7 Å². The standard InChI is InChI=1S/C27H31FN4/c1-5-6-14-31(4)18-20-8-7-9-22(15-20)26-16-24(21-10-12-23(28)13-11-21)25-17-29-32(19(2)3)27(25)30-26/h7-13,15-17,19H,5-6,14,18H2,1-4H3. The first kappa shape index (κ1) is 22.2. The molecule has 0 aliphatic rings. The molecule has 0 saturated carbocycles. The lowest BCUT2D eigenvalue weighted by Crippen LogP contribution is -2.18. The van der Waals surface area contributed by atoms with E-state index in [1.54, 1.807) is 0 Å². The molecule has 2 heterocycles.